The molecule has 0 saturated carbocycles. The lowest BCUT2D eigenvalue weighted by Crippen LogP contribution is -2.33. The van der Waals surface area contributed by atoms with Gasteiger partial charge in [-0.3, -0.25) is 14.0 Å². The molecule has 4 rings (SSSR count). The number of aromatic nitrogens is 3. The first-order valence-electron chi connectivity index (χ1n) is 12.3. The van der Waals surface area contributed by atoms with Crippen molar-refractivity contribution in [2.45, 2.75) is 40.7 Å². The number of pyridine rings is 2. The molecule has 0 atom stereocenters. The maximum absolute atomic E-state index is 13.5. The number of allylic oxidation sites excluding steroid dienone is 2. The smallest absolute Gasteiger partial charge is 0.341 e. The van der Waals surface area contributed by atoms with E-state index in [-0.39, 0.29) is 47.7 Å². The summed E-state index contributed by atoms with van der Waals surface area (Å²) in [5, 5.41) is 0.223. The van der Waals surface area contributed by atoms with Crippen LogP contribution in [0.2, 0.25) is 0 Å². The van der Waals surface area contributed by atoms with Crippen LogP contribution in [0.5, 0.6) is 0 Å². The van der Waals surface area contributed by atoms with Gasteiger partial charge in [-0.1, -0.05) is 32.6 Å². The topological polar surface area (TPSA) is 113 Å². The minimum Gasteiger partial charge on any atom is -0.462 e. The van der Waals surface area contributed by atoms with Gasteiger partial charge in [0.05, 0.1) is 18.4 Å². The van der Waals surface area contributed by atoms with Crippen molar-refractivity contribution in [3.8, 4) is 0 Å². The summed E-state index contributed by atoms with van der Waals surface area (Å²) in [6, 6.07) is 5.04. The van der Waals surface area contributed by atoms with E-state index < -0.39 is 11.9 Å². The molecule has 1 saturated heterocycles. The number of carbonyl (C=O) groups excluding carboxylic acids is 2. The Labute approximate surface area is 219 Å². The second kappa shape index (κ2) is 11.3. The van der Waals surface area contributed by atoms with Crippen LogP contribution in [0.3, 0.4) is 0 Å². The van der Waals surface area contributed by atoms with E-state index in [1.807, 2.05) is 26.8 Å². The van der Waals surface area contributed by atoms with Crippen LogP contribution in [0.15, 0.2) is 70.5 Å². The Morgan fingerprint density at radius 2 is 2.03 bits per heavy atom. The van der Waals surface area contributed by atoms with E-state index in [4.69, 9.17) is 19.2 Å². The van der Waals surface area contributed by atoms with Gasteiger partial charge in [-0.2, -0.15) is 4.99 Å². The highest BCUT2D eigenvalue weighted by Crippen LogP contribution is 2.21. The summed E-state index contributed by atoms with van der Waals surface area (Å²) in [4.78, 5) is 48.7. The molecule has 3 aromatic heterocycles. The fourth-order valence-electron chi connectivity index (χ4n) is 4.14. The Kier molecular flexibility index (Phi) is 7.90. The van der Waals surface area contributed by atoms with Gasteiger partial charge in [-0.05, 0) is 49.6 Å². The third-order valence-corrected chi connectivity index (χ3v) is 5.78. The second-order valence-electron chi connectivity index (χ2n) is 9.10. The number of aryl methyl sites for hydroxylation is 1. The van der Waals surface area contributed by atoms with E-state index in [9.17, 15) is 14.4 Å². The number of fused-ring (bicyclic) bond motifs is 2. The summed E-state index contributed by atoms with van der Waals surface area (Å²) in [5.74, 6) is -0.257. The quantitative estimate of drug-likeness (QED) is 0.347. The van der Waals surface area contributed by atoms with Gasteiger partial charge in [0.15, 0.2) is 17.0 Å². The Morgan fingerprint density at radius 1 is 1.26 bits per heavy atom. The van der Waals surface area contributed by atoms with Crippen LogP contribution in [-0.4, -0.2) is 39.2 Å². The van der Waals surface area contributed by atoms with Gasteiger partial charge in [0.2, 0.25) is 6.79 Å². The van der Waals surface area contributed by atoms with Gasteiger partial charge in [0, 0.05) is 12.7 Å². The van der Waals surface area contributed by atoms with Gasteiger partial charge in [-0.15, -0.1) is 0 Å². The van der Waals surface area contributed by atoms with Crippen molar-refractivity contribution in [3.63, 3.8) is 0 Å². The van der Waals surface area contributed by atoms with E-state index in [0.717, 1.165) is 5.56 Å². The zero-order chi connectivity index (χ0) is 27.4. The van der Waals surface area contributed by atoms with Crippen molar-refractivity contribution in [3.05, 3.63) is 87.7 Å². The van der Waals surface area contributed by atoms with Crippen molar-refractivity contribution in [1.29, 1.82) is 0 Å². The summed E-state index contributed by atoms with van der Waals surface area (Å²) in [7, 11) is 0. The maximum Gasteiger partial charge on any atom is 0.341 e. The maximum atomic E-state index is 13.5. The van der Waals surface area contributed by atoms with Crippen LogP contribution in [0.4, 0.5) is 0 Å². The monoisotopic (exact) mass is 518 g/mol. The molecule has 0 radical (unpaired) electrons. The third kappa shape index (κ3) is 5.29. The zero-order valence-electron chi connectivity index (χ0n) is 21.9. The number of rotatable bonds is 7. The summed E-state index contributed by atoms with van der Waals surface area (Å²) in [5.41, 5.74) is 1.39. The van der Waals surface area contributed by atoms with Gasteiger partial charge < -0.3 is 18.8 Å². The van der Waals surface area contributed by atoms with E-state index in [1.165, 1.54) is 10.5 Å². The largest absolute Gasteiger partial charge is 0.462 e. The minimum absolute atomic E-state index is 0.0141. The van der Waals surface area contributed by atoms with E-state index in [2.05, 4.69) is 11.6 Å². The van der Waals surface area contributed by atoms with E-state index >= 15 is 0 Å². The van der Waals surface area contributed by atoms with Gasteiger partial charge in [0.1, 0.15) is 16.9 Å². The molecule has 1 amide bonds. The number of nitrogens with zero attached hydrogens (tertiary/aromatic N) is 4. The Morgan fingerprint density at radius 3 is 2.74 bits per heavy atom. The highest BCUT2D eigenvalue weighted by molar-refractivity contribution is 5.94. The van der Waals surface area contributed by atoms with Crippen LogP contribution in [0.1, 0.15) is 43.1 Å². The summed E-state index contributed by atoms with van der Waals surface area (Å²) >= 11 is 0. The molecule has 10 heteroatoms. The van der Waals surface area contributed by atoms with Crippen LogP contribution < -0.4 is 11.0 Å². The van der Waals surface area contributed by atoms with Crippen LogP contribution in [-0.2, 0) is 25.5 Å². The molecule has 0 aromatic carbocycles. The minimum atomic E-state index is -0.686. The molecule has 0 unspecified atom stereocenters. The molecule has 1 aliphatic rings. The molecular weight excluding hydrogens is 488 g/mol. The van der Waals surface area contributed by atoms with Crippen molar-refractivity contribution >= 4 is 28.6 Å². The predicted molar refractivity (Wildman–Crippen MR) is 141 cm³/mol. The van der Waals surface area contributed by atoms with Crippen molar-refractivity contribution in [2.75, 3.05) is 13.4 Å². The fraction of sp³-hybridized carbons (Fsp3) is 0.321. The summed E-state index contributed by atoms with van der Waals surface area (Å²) < 4.78 is 19.1. The highest BCUT2D eigenvalue weighted by atomic mass is 16.7. The molecular formula is C28H30N4O6. The van der Waals surface area contributed by atoms with E-state index in [0.29, 0.717) is 29.4 Å². The van der Waals surface area contributed by atoms with Crippen molar-refractivity contribution in [2.24, 2.45) is 10.9 Å². The number of amides is 1. The molecule has 10 nitrogen and oxygen atoms in total. The van der Waals surface area contributed by atoms with Gasteiger partial charge >= 0.3 is 5.97 Å². The summed E-state index contributed by atoms with van der Waals surface area (Å²) in [6.45, 7) is 11.7. The molecule has 1 aliphatic heterocycles. The third-order valence-electron chi connectivity index (χ3n) is 5.78. The lowest BCUT2D eigenvalue weighted by molar-refractivity contribution is -0.117. The average Bonchev–Trinajstić information content (AvgIpc) is 3.32. The molecule has 198 valence electrons. The Balaban J connectivity index is 1.98. The summed E-state index contributed by atoms with van der Waals surface area (Å²) in [6.07, 6.45) is 6.28. The average molecular weight is 519 g/mol. The fourth-order valence-corrected chi connectivity index (χ4v) is 4.14. The van der Waals surface area contributed by atoms with Gasteiger partial charge in [0.25, 0.3) is 11.5 Å². The van der Waals surface area contributed by atoms with Crippen molar-refractivity contribution in [1.82, 2.24) is 14.0 Å². The van der Waals surface area contributed by atoms with Crippen LogP contribution in [0, 0.1) is 12.8 Å². The normalized spacial score (nSPS) is 15.9. The van der Waals surface area contributed by atoms with E-state index in [1.54, 1.807) is 42.0 Å². The molecule has 0 bridgehead atoms. The first-order chi connectivity index (χ1) is 18.2. The number of ether oxygens (including phenoxy) is 3. The highest BCUT2D eigenvalue weighted by Gasteiger charge is 2.21. The molecule has 4 heterocycles. The lowest BCUT2D eigenvalue weighted by atomic mass is 10.1. The molecule has 3 aromatic rings. The lowest BCUT2D eigenvalue weighted by Gasteiger charge is -2.17. The van der Waals surface area contributed by atoms with Crippen LogP contribution in [0.25, 0.3) is 16.7 Å². The molecule has 38 heavy (non-hydrogen) atoms. The zero-order valence-corrected chi connectivity index (χ0v) is 21.9. The Hall–Kier alpha value is -4.47. The second-order valence-corrected chi connectivity index (χ2v) is 9.10. The first-order valence-corrected chi connectivity index (χ1v) is 12.3. The predicted octanol–water partition coefficient (Wildman–Crippen LogP) is 3.57. The molecule has 0 aliphatic carbocycles. The standard InChI is InChI=1S/C28H30N4O6/c1-6-9-21-22(38-16-37-21)11-12-23(33)29-26-20(28(35)36-7-2)14-19-25(32(26)15-17(3)4)30-24-18(5)10-8-13-31(24)27(19)34/h6,8-11,13-14,17H,1,7,12,15-16H2,2-5H3/b21-9-,22-11-,29-26?. The van der Waals surface area contributed by atoms with Gasteiger partial charge in [-0.25, -0.2) is 9.78 Å². The Bertz CT molecular complexity index is 1620. The SMILES string of the molecule is C=C/C=C1\OCO\C1=C/CC(=O)N=c1c(C(=O)OCC)cc2c(=O)n3cccc(C)c3nc2n1CC(C)C. The molecule has 1 fully saturated rings. The van der Waals surface area contributed by atoms with Crippen molar-refractivity contribution < 1.29 is 23.8 Å². The number of hydrogen-bond donors (Lipinski definition) is 0. The number of hydrogen-bond acceptors (Lipinski definition) is 7. The first kappa shape index (κ1) is 26.6. The van der Waals surface area contributed by atoms with Crippen LogP contribution >= 0.6 is 0 Å². The number of carbonyl (C=O) groups is 2. The molecule has 0 spiro atoms. The number of esters is 1. The molecule has 0 N–H and O–H groups in total.